The summed E-state index contributed by atoms with van der Waals surface area (Å²) in [5.41, 5.74) is 4.25. The number of hydrogen-bond donors (Lipinski definition) is 3. The maximum atomic E-state index is 13.3. The third-order valence-electron chi connectivity index (χ3n) is 5.24. The monoisotopic (exact) mass is 415 g/mol. The van der Waals surface area contributed by atoms with Gasteiger partial charge in [0.25, 0.3) is 5.56 Å². The Labute approximate surface area is 167 Å². The predicted octanol–water partition coefficient (Wildman–Crippen LogP) is 2.67. The summed E-state index contributed by atoms with van der Waals surface area (Å²) in [7, 11) is 0. The molecule has 1 unspecified atom stereocenters. The number of hydrogen-bond acceptors (Lipinski definition) is 3. The van der Waals surface area contributed by atoms with E-state index in [2.05, 4.69) is 10.3 Å². The molecular formula is C21H16F3N3O3. The van der Waals surface area contributed by atoms with Gasteiger partial charge in [0.1, 0.15) is 6.04 Å². The van der Waals surface area contributed by atoms with Gasteiger partial charge < -0.3 is 16.0 Å². The van der Waals surface area contributed by atoms with Crippen LogP contribution in [0.15, 0.2) is 53.3 Å². The lowest BCUT2D eigenvalue weighted by Crippen LogP contribution is -2.37. The summed E-state index contributed by atoms with van der Waals surface area (Å²) < 4.78 is 40.0. The number of amides is 2. The van der Waals surface area contributed by atoms with Crippen LogP contribution in [-0.2, 0) is 15.8 Å². The zero-order valence-electron chi connectivity index (χ0n) is 15.4. The molecule has 154 valence electrons. The Bertz CT molecular complexity index is 1230. The molecular weight excluding hydrogens is 399 g/mol. The third-order valence-corrected chi connectivity index (χ3v) is 5.24. The van der Waals surface area contributed by atoms with Crippen LogP contribution in [0.3, 0.4) is 0 Å². The highest BCUT2D eigenvalue weighted by Gasteiger charge is 2.36. The first-order valence-corrected chi connectivity index (χ1v) is 9.08. The van der Waals surface area contributed by atoms with Gasteiger partial charge in [-0.15, -0.1) is 0 Å². The van der Waals surface area contributed by atoms with Crippen LogP contribution in [0.1, 0.15) is 23.5 Å². The van der Waals surface area contributed by atoms with E-state index < -0.39 is 35.2 Å². The summed E-state index contributed by atoms with van der Waals surface area (Å²) in [5.74, 6) is -1.65. The molecule has 1 aliphatic rings. The summed E-state index contributed by atoms with van der Waals surface area (Å²) in [6.45, 7) is 0. The van der Waals surface area contributed by atoms with Gasteiger partial charge in [0.2, 0.25) is 11.8 Å². The van der Waals surface area contributed by atoms with Gasteiger partial charge in [-0.05, 0) is 35.6 Å². The minimum absolute atomic E-state index is 0.0422. The van der Waals surface area contributed by atoms with Gasteiger partial charge in [0.05, 0.1) is 11.5 Å². The molecule has 0 radical (unpaired) electrons. The van der Waals surface area contributed by atoms with Gasteiger partial charge in [-0.25, -0.2) is 0 Å². The molecule has 2 heterocycles. The van der Waals surface area contributed by atoms with E-state index in [0.717, 1.165) is 6.07 Å². The SMILES string of the molecule is NC(=O)C1C[C@H](c2ccc3cc(-c4ccccc4C(F)(F)F)[nH]c(=O)c3c2)C(=O)N1. The molecule has 1 saturated heterocycles. The molecule has 1 aromatic heterocycles. The average molecular weight is 415 g/mol. The normalized spacial score (nSPS) is 19.1. The molecule has 4 N–H and O–H groups in total. The average Bonchev–Trinajstić information content (AvgIpc) is 3.09. The molecule has 2 aromatic carbocycles. The molecule has 2 amide bonds. The van der Waals surface area contributed by atoms with Crippen LogP contribution in [0.5, 0.6) is 0 Å². The van der Waals surface area contributed by atoms with Crippen molar-refractivity contribution in [2.75, 3.05) is 0 Å². The van der Waals surface area contributed by atoms with E-state index in [1.165, 1.54) is 30.3 Å². The Balaban J connectivity index is 1.78. The number of carbonyl (C=O) groups is 2. The van der Waals surface area contributed by atoms with Crippen LogP contribution in [0, 0.1) is 0 Å². The maximum Gasteiger partial charge on any atom is 0.417 e. The fourth-order valence-electron chi connectivity index (χ4n) is 3.75. The fraction of sp³-hybridized carbons (Fsp3) is 0.190. The molecule has 6 nitrogen and oxygen atoms in total. The van der Waals surface area contributed by atoms with Crippen molar-refractivity contribution in [2.45, 2.75) is 24.6 Å². The zero-order valence-corrected chi connectivity index (χ0v) is 15.4. The number of carbonyl (C=O) groups excluding carboxylic acids is 2. The van der Waals surface area contributed by atoms with E-state index in [9.17, 15) is 27.6 Å². The molecule has 0 aliphatic carbocycles. The maximum absolute atomic E-state index is 13.3. The summed E-state index contributed by atoms with van der Waals surface area (Å²) in [5, 5.41) is 3.17. The molecule has 1 aliphatic heterocycles. The largest absolute Gasteiger partial charge is 0.417 e. The summed E-state index contributed by atoms with van der Waals surface area (Å²) in [4.78, 5) is 38.7. The zero-order chi connectivity index (χ0) is 21.6. The number of H-pyrrole nitrogens is 1. The van der Waals surface area contributed by atoms with Crippen LogP contribution < -0.4 is 16.6 Å². The van der Waals surface area contributed by atoms with E-state index in [1.54, 1.807) is 12.1 Å². The first kappa shape index (κ1) is 19.7. The number of benzene rings is 2. The minimum atomic E-state index is -4.57. The van der Waals surface area contributed by atoms with Crippen molar-refractivity contribution in [3.63, 3.8) is 0 Å². The smallest absolute Gasteiger partial charge is 0.368 e. The summed E-state index contributed by atoms with van der Waals surface area (Å²) >= 11 is 0. The molecule has 0 saturated carbocycles. The number of rotatable bonds is 3. The molecule has 3 aromatic rings. The Morgan fingerprint density at radius 2 is 1.80 bits per heavy atom. The second-order valence-corrected chi connectivity index (χ2v) is 7.15. The van der Waals surface area contributed by atoms with Crippen LogP contribution >= 0.6 is 0 Å². The molecule has 2 atom stereocenters. The van der Waals surface area contributed by atoms with E-state index >= 15 is 0 Å². The van der Waals surface area contributed by atoms with E-state index in [4.69, 9.17) is 5.73 Å². The van der Waals surface area contributed by atoms with Crippen LogP contribution in [0.4, 0.5) is 13.2 Å². The Morgan fingerprint density at radius 1 is 1.07 bits per heavy atom. The number of pyridine rings is 1. The highest BCUT2D eigenvalue weighted by Crippen LogP contribution is 2.37. The number of primary amides is 1. The van der Waals surface area contributed by atoms with Crippen LogP contribution in [0.25, 0.3) is 22.0 Å². The standard InChI is InChI=1S/C21H16F3N3O3/c22-21(23,24)15-4-2-1-3-12(15)16-8-11-6-5-10(7-13(11)19(29)26-16)14-9-17(18(25)28)27-20(14)30/h1-8,14,17H,9H2,(H2,25,28)(H,26,29)(H,27,30)/t14-,17?/m1/s1. The second kappa shape index (κ2) is 7.01. The number of aromatic nitrogens is 1. The molecule has 4 rings (SSSR count). The number of halogens is 3. The van der Waals surface area contributed by atoms with Crippen molar-refractivity contribution in [2.24, 2.45) is 5.73 Å². The topological polar surface area (TPSA) is 105 Å². The lowest BCUT2D eigenvalue weighted by molar-refractivity contribution is -0.137. The third kappa shape index (κ3) is 3.42. The van der Waals surface area contributed by atoms with Gasteiger partial charge >= 0.3 is 6.18 Å². The first-order valence-electron chi connectivity index (χ1n) is 9.08. The quantitative estimate of drug-likeness (QED) is 0.613. The van der Waals surface area contributed by atoms with Crippen molar-refractivity contribution in [3.8, 4) is 11.3 Å². The minimum Gasteiger partial charge on any atom is -0.368 e. The number of nitrogens with one attached hydrogen (secondary N) is 2. The highest BCUT2D eigenvalue weighted by atomic mass is 19.4. The van der Waals surface area contributed by atoms with Crippen molar-refractivity contribution in [1.29, 1.82) is 0 Å². The Kier molecular flexibility index (Phi) is 4.60. The van der Waals surface area contributed by atoms with Crippen LogP contribution in [-0.4, -0.2) is 22.8 Å². The van der Waals surface area contributed by atoms with E-state index in [1.807, 2.05) is 0 Å². The van der Waals surface area contributed by atoms with Crippen molar-refractivity contribution in [3.05, 3.63) is 70.0 Å². The first-order chi connectivity index (χ1) is 14.1. The summed E-state index contributed by atoms with van der Waals surface area (Å²) in [6, 6.07) is 10.4. The summed E-state index contributed by atoms with van der Waals surface area (Å²) in [6.07, 6.45) is -4.40. The van der Waals surface area contributed by atoms with Crippen LogP contribution in [0.2, 0.25) is 0 Å². The number of fused-ring (bicyclic) bond motifs is 1. The van der Waals surface area contributed by atoms with Gasteiger partial charge in [-0.1, -0.05) is 30.3 Å². The molecule has 30 heavy (non-hydrogen) atoms. The molecule has 0 bridgehead atoms. The number of aromatic amines is 1. The second-order valence-electron chi connectivity index (χ2n) is 7.15. The fourth-order valence-corrected chi connectivity index (χ4v) is 3.75. The van der Waals surface area contributed by atoms with Gasteiger partial charge in [0.15, 0.2) is 0 Å². The van der Waals surface area contributed by atoms with E-state index in [0.29, 0.717) is 10.9 Å². The van der Waals surface area contributed by atoms with E-state index in [-0.39, 0.29) is 29.0 Å². The Morgan fingerprint density at radius 3 is 2.47 bits per heavy atom. The van der Waals surface area contributed by atoms with Gasteiger partial charge in [0, 0.05) is 16.6 Å². The lowest BCUT2D eigenvalue weighted by atomic mass is 9.93. The van der Waals surface area contributed by atoms with Gasteiger partial charge in [-0.2, -0.15) is 13.2 Å². The number of nitrogens with two attached hydrogens (primary N) is 1. The number of alkyl halides is 3. The molecule has 9 heteroatoms. The molecule has 0 spiro atoms. The van der Waals surface area contributed by atoms with Crippen molar-refractivity contribution >= 4 is 22.6 Å². The van der Waals surface area contributed by atoms with Crippen molar-refractivity contribution in [1.82, 2.24) is 10.3 Å². The predicted molar refractivity (Wildman–Crippen MR) is 103 cm³/mol. The Hall–Kier alpha value is -3.62. The van der Waals surface area contributed by atoms with Crippen molar-refractivity contribution < 1.29 is 22.8 Å². The molecule has 1 fully saturated rings. The van der Waals surface area contributed by atoms with Gasteiger partial charge in [-0.3, -0.25) is 14.4 Å². The lowest BCUT2D eigenvalue weighted by Gasteiger charge is -2.13. The highest BCUT2D eigenvalue weighted by molar-refractivity contribution is 5.95.